The number of hydrogen-bond acceptors (Lipinski definition) is 5. The van der Waals surface area contributed by atoms with Crippen molar-refractivity contribution in [3.63, 3.8) is 0 Å². The van der Waals surface area contributed by atoms with E-state index in [1.165, 1.54) is 11.0 Å². The number of nitrogens with one attached hydrogen (secondary N) is 1. The molecule has 1 unspecified atom stereocenters. The van der Waals surface area contributed by atoms with Crippen molar-refractivity contribution in [1.82, 2.24) is 10.2 Å². The summed E-state index contributed by atoms with van der Waals surface area (Å²) in [5.41, 5.74) is 11.5. The van der Waals surface area contributed by atoms with Crippen LogP contribution in [-0.2, 0) is 14.3 Å². The molecule has 1 saturated heterocycles. The second kappa shape index (κ2) is 12.3. The topological polar surface area (TPSA) is 145 Å². The minimum atomic E-state index is -0.988. The monoisotopic (exact) mass is 566 g/mol. The third-order valence-electron chi connectivity index (χ3n) is 8.09. The van der Waals surface area contributed by atoms with Crippen molar-refractivity contribution < 1.29 is 28.3 Å². The standard InChI is InChI=1S/C31H39FN4O5/c1-31(2,3)41-30(40)35-16-18-12-14-20(15-13-18)29(39)36-17-23(21-10-7-11-22(25(21)32)27(33)37)24(26(36)28(34)38)19-8-5-4-6-9-19/h4-11,18,20,23-24,26H,12-17H2,1-3H3,(H2,33,37)(H2,34,38)(H,35,40)/t18?,20?,23?,24-,26+/m1/s1. The van der Waals surface area contributed by atoms with Crippen LogP contribution in [0.4, 0.5) is 9.18 Å². The molecule has 0 radical (unpaired) electrons. The fraction of sp³-hybridized carbons (Fsp3) is 0.484. The molecule has 220 valence electrons. The number of benzene rings is 2. The van der Waals surface area contributed by atoms with Crippen LogP contribution in [0, 0.1) is 17.7 Å². The van der Waals surface area contributed by atoms with Gasteiger partial charge in [-0.05, 0) is 69.6 Å². The first kappa shape index (κ1) is 30.0. The van der Waals surface area contributed by atoms with Crippen molar-refractivity contribution in [3.05, 3.63) is 71.0 Å². The van der Waals surface area contributed by atoms with Crippen LogP contribution in [0.3, 0.4) is 0 Å². The number of likely N-dealkylation sites (tertiary alicyclic amines) is 1. The van der Waals surface area contributed by atoms with Crippen LogP contribution in [-0.4, -0.2) is 53.4 Å². The lowest BCUT2D eigenvalue weighted by Crippen LogP contribution is -2.48. The second-order valence-corrected chi connectivity index (χ2v) is 12.1. The highest BCUT2D eigenvalue weighted by molar-refractivity contribution is 5.93. The summed E-state index contributed by atoms with van der Waals surface area (Å²) in [4.78, 5) is 52.3. The Bertz CT molecular complexity index is 1290. The summed E-state index contributed by atoms with van der Waals surface area (Å²) < 4.78 is 20.9. The summed E-state index contributed by atoms with van der Waals surface area (Å²) in [5.74, 6) is -3.85. The van der Waals surface area contributed by atoms with Crippen molar-refractivity contribution in [2.24, 2.45) is 23.3 Å². The molecule has 2 aliphatic rings. The van der Waals surface area contributed by atoms with E-state index in [-0.39, 0.29) is 35.4 Å². The summed E-state index contributed by atoms with van der Waals surface area (Å²) in [7, 11) is 0. The Labute approximate surface area is 239 Å². The highest BCUT2D eigenvalue weighted by Crippen LogP contribution is 2.46. The van der Waals surface area contributed by atoms with Crippen LogP contribution in [0.25, 0.3) is 0 Å². The molecule has 3 atom stereocenters. The van der Waals surface area contributed by atoms with Gasteiger partial charge in [0.05, 0.1) is 5.56 Å². The summed E-state index contributed by atoms with van der Waals surface area (Å²) >= 11 is 0. The second-order valence-electron chi connectivity index (χ2n) is 12.1. The Morgan fingerprint density at radius 3 is 2.22 bits per heavy atom. The highest BCUT2D eigenvalue weighted by atomic mass is 19.1. The molecule has 1 heterocycles. The Morgan fingerprint density at radius 1 is 0.976 bits per heavy atom. The van der Waals surface area contributed by atoms with Crippen LogP contribution in [0.15, 0.2) is 48.5 Å². The first-order chi connectivity index (χ1) is 19.4. The lowest BCUT2D eigenvalue weighted by atomic mass is 9.79. The maximum atomic E-state index is 15.6. The van der Waals surface area contributed by atoms with E-state index >= 15 is 4.39 Å². The van der Waals surface area contributed by atoms with Gasteiger partial charge in [-0.1, -0.05) is 42.5 Å². The molecule has 0 spiro atoms. The van der Waals surface area contributed by atoms with Gasteiger partial charge in [-0.25, -0.2) is 9.18 Å². The van der Waals surface area contributed by atoms with E-state index < -0.39 is 47.2 Å². The van der Waals surface area contributed by atoms with E-state index in [9.17, 15) is 19.2 Å². The SMILES string of the molecule is CC(C)(C)OC(=O)NCC1CCC(C(=O)N2CC(c3cccc(C(N)=O)c3F)[C@@H](c3ccccc3)[C@H]2C(N)=O)CC1. The fourth-order valence-corrected chi connectivity index (χ4v) is 6.21. The maximum Gasteiger partial charge on any atom is 0.407 e. The zero-order valence-electron chi connectivity index (χ0n) is 23.8. The van der Waals surface area contributed by atoms with E-state index in [4.69, 9.17) is 16.2 Å². The summed E-state index contributed by atoms with van der Waals surface area (Å²) in [6, 6.07) is 12.6. The van der Waals surface area contributed by atoms with E-state index in [1.54, 1.807) is 32.9 Å². The Balaban J connectivity index is 1.54. The maximum absolute atomic E-state index is 15.6. The summed E-state index contributed by atoms with van der Waals surface area (Å²) in [6.07, 6.45) is 2.16. The minimum Gasteiger partial charge on any atom is -0.444 e. The molecule has 4 rings (SSSR count). The van der Waals surface area contributed by atoms with Gasteiger partial charge in [0.15, 0.2) is 0 Å². The van der Waals surface area contributed by atoms with Crippen LogP contribution in [0.1, 0.15) is 79.8 Å². The number of halogens is 1. The van der Waals surface area contributed by atoms with Gasteiger partial charge in [0.1, 0.15) is 17.5 Å². The molecule has 41 heavy (non-hydrogen) atoms. The van der Waals surface area contributed by atoms with Crippen molar-refractivity contribution in [1.29, 1.82) is 0 Å². The predicted octanol–water partition coefficient (Wildman–Crippen LogP) is 3.82. The number of nitrogens with two attached hydrogens (primary N) is 2. The molecule has 1 aliphatic heterocycles. The van der Waals surface area contributed by atoms with Gasteiger partial charge in [0.25, 0.3) is 5.91 Å². The molecule has 2 aromatic carbocycles. The highest BCUT2D eigenvalue weighted by Gasteiger charge is 2.50. The van der Waals surface area contributed by atoms with Gasteiger partial charge >= 0.3 is 6.09 Å². The van der Waals surface area contributed by atoms with Gasteiger partial charge in [-0.3, -0.25) is 14.4 Å². The molecule has 4 amide bonds. The lowest BCUT2D eigenvalue weighted by Gasteiger charge is -2.33. The number of amides is 4. The Morgan fingerprint density at radius 2 is 1.63 bits per heavy atom. The molecule has 2 fully saturated rings. The first-order valence-electron chi connectivity index (χ1n) is 14.1. The zero-order chi connectivity index (χ0) is 29.9. The first-order valence-corrected chi connectivity index (χ1v) is 14.1. The van der Waals surface area contributed by atoms with Crippen LogP contribution in [0.5, 0.6) is 0 Å². The number of hydrogen-bond donors (Lipinski definition) is 3. The third kappa shape index (κ3) is 6.86. The number of alkyl carbamates (subject to hydrolysis) is 1. The van der Waals surface area contributed by atoms with Gasteiger partial charge in [-0.2, -0.15) is 0 Å². The fourth-order valence-electron chi connectivity index (χ4n) is 6.21. The molecule has 0 bridgehead atoms. The summed E-state index contributed by atoms with van der Waals surface area (Å²) in [5, 5.41) is 2.81. The lowest BCUT2D eigenvalue weighted by molar-refractivity contribution is -0.142. The Hall–Kier alpha value is -3.95. The van der Waals surface area contributed by atoms with Gasteiger partial charge in [0.2, 0.25) is 11.8 Å². The average molecular weight is 567 g/mol. The zero-order valence-corrected chi connectivity index (χ0v) is 23.8. The largest absolute Gasteiger partial charge is 0.444 e. The molecule has 1 aliphatic carbocycles. The van der Waals surface area contributed by atoms with E-state index in [0.717, 1.165) is 18.4 Å². The van der Waals surface area contributed by atoms with Gasteiger partial charge in [-0.15, -0.1) is 0 Å². The van der Waals surface area contributed by atoms with Crippen molar-refractivity contribution in [2.45, 2.75) is 69.9 Å². The molecule has 10 heteroatoms. The van der Waals surface area contributed by atoms with Crippen molar-refractivity contribution >= 4 is 23.8 Å². The van der Waals surface area contributed by atoms with Crippen LogP contribution < -0.4 is 16.8 Å². The molecule has 1 saturated carbocycles. The van der Waals surface area contributed by atoms with Crippen LogP contribution >= 0.6 is 0 Å². The number of ether oxygens (including phenoxy) is 1. The summed E-state index contributed by atoms with van der Waals surface area (Å²) in [6.45, 7) is 5.94. The van der Waals surface area contributed by atoms with Gasteiger partial charge in [0, 0.05) is 30.8 Å². The van der Waals surface area contributed by atoms with E-state index in [0.29, 0.717) is 19.4 Å². The van der Waals surface area contributed by atoms with E-state index in [2.05, 4.69) is 5.32 Å². The number of carbonyl (C=O) groups excluding carboxylic acids is 4. The Kier molecular flexibility index (Phi) is 8.99. The molecule has 0 aromatic heterocycles. The number of carbonyl (C=O) groups is 4. The number of nitrogens with zero attached hydrogens (tertiary/aromatic N) is 1. The number of primary amides is 2. The molecule has 5 N–H and O–H groups in total. The van der Waals surface area contributed by atoms with Gasteiger partial charge < -0.3 is 26.4 Å². The third-order valence-corrected chi connectivity index (χ3v) is 8.09. The molecule has 9 nitrogen and oxygen atoms in total. The van der Waals surface area contributed by atoms with Crippen molar-refractivity contribution in [3.8, 4) is 0 Å². The normalized spacial score (nSPS) is 24.5. The molecular formula is C31H39FN4O5. The van der Waals surface area contributed by atoms with Crippen molar-refractivity contribution in [2.75, 3.05) is 13.1 Å². The minimum absolute atomic E-state index is 0.0747. The molecule has 2 aromatic rings. The molecular weight excluding hydrogens is 527 g/mol. The smallest absolute Gasteiger partial charge is 0.407 e. The van der Waals surface area contributed by atoms with E-state index in [1.807, 2.05) is 30.3 Å². The quantitative estimate of drug-likeness (QED) is 0.467. The van der Waals surface area contributed by atoms with Crippen LogP contribution in [0.2, 0.25) is 0 Å². The number of rotatable bonds is 7. The predicted molar refractivity (Wildman–Crippen MR) is 151 cm³/mol. The average Bonchev–Trinajstić information content (AvgIpc) is 3.32.